The SMILES string of the molecule is O=C(CCCOc1cccnc1)OCc1snc(Cl)c1Cl. The lowest BCUT2D eigenvalue weighted by Gasteiger charge is -2.05. The van der Waals surface area contributed by atoms with E-state index < -0.39 is 0 Å². The summed E-state index contributed by atoms with van der Waals surface area (Å²) in [6.07, 6.45) is 4.12. The Bertz CT molecular complexity index is 592. The van der Waals surface area contributed by atoms with E-state index in [4.69, 9.17) is 32.7 Å². The van der Waals surface area contributed by atoms with Crippen LogP contribution in [-0.2, 0) is 16.1 Å². The van der Waals surface area contributed by atoms with E-state index in [1.165, 1.54) is 0 Å². The van der Waals surface area contributed by atoms with Crippen LogP contribution in [0.15, 0.2) is 24.5 Å². The molecule has 2 heterocycles. The molecule has 0 unspecified atom stereocenters. The molecule has 0 aliphatic heterocycles. The quantitative estimate of drug-likeness (QED) is 0.564. The summed E-state index contributed by atoms with van der Waals surface area (Å²) in [6, 6.07) is 3.59. The highest BCUT2D eigenvalue weighted by Crippen LogP contribution is 2.28. The number of carbonyl (C=O) groups excluding carboxylic acids is 1. The van der Waals surface area contributed by atoms with Crippen LogP contribution in [0.2, 0.25) is 10.2 Å². The van der Waals surface area contributed by atoms with E-state index in [0.29, 0.717) is 28.7 Å². The van der Waals surface area contributed by atoms with Crippen molar-refractivity contribution in [3.05, 3.63) is 39.6 Å². The third-order valence-corrected chi connectivity index (χ3v) is 4.26. The van der Waals surface area contributed by atoms with Gasteiger partial charge in [-0.1, -0.05) is 23.2 Å². The Labute approximate surface area is 136 Å². The van der Waals surface area contributed by atoms with Crippen LogP contribution in [0.4, 0.5) is 0 Å². The molecule has 112 valence electrons. The maximum absolute atomic E-state index is 11.6. The third kappa shape index (κ3) is 5.15. The van der Waals surface area contributed by atoms with Crippen LogP contribution in [-0.4, -0.2) is 21.9 Å². The van der Waals surface area contributed by atoms with Gasteiger partial charge in [-0.15, -0.1) is 0 Å². The number of nitrogens with zero attached hydrogens (tertiary/aromatic N) is 2. The van der Waals surface area contributed by atoms with E-state index in [-0.39, 0.29) is 24.2 Å². The molecule has 21 heavy (non-hydrogen) atoms. The zero-order chi connectivity index (χ0) is 15.1. The second-order valence-corrected chi connectivity index (χ2v) is 5.61. The molecule has 0 fully saturated rings. The van der Waals surface area contributed by atoms with Gasteiger partial charge in [0.2, 0.25) is 0 Å². The Balaban J connectivity index is 1.63. The van der Waals surface area contributed by atoms with Gasteiger partial charge in [-0.2, -0.15) is 4.37 Å². The van der Waals surface area contributed by atoms with Crippen LogP contribution in [0.3, 0.4) is 0 Å². The smallest absolute Gasteiger partial charge is 0.306 e. The van der Waals surface area contributed by atoms with Crippen LogP contribution in [0.1, 0.15) is 17.7 Å². The minimum atomic E-state index is -0.314. The molecule has 0 saturated heterocycles. The normalized spacial score (nSPS) is 10.4. The lowest BCUT2D eigenvalue weighted by molar-refractivity contribution is -0.145. The van der Waals surface area contributed by atoms with Gasteiger partial charge in [0, 0.05) is 12.6 Å². The average Bonchev–Trinajstić information content (AvgIpc) is 2.82. The molecule has 0 radical (unpaired) electrons. The molecule has 0 aliphatic carbocycles. The summed E-state index contributed by atoms with van der Waals surface area (Å²) in [7, 11) is 0. The van der Waals surface area contributed by atoms with E-state index in [2.05, 4.69) is 9.36 Å². The van der Waals surface area contributed by atoms with Crippen molar-refractivity contribution >= 4 is 40.7 Å². The van der Waals surface area contributed by atoms with Crippen molar-refractivity contribution in [2.24, 2.45) is 0 Å². The summed E-state index contributed by atoms with van der Waals surface area (Å²) in [6.45, 7) is 0.513. The fourth-order valence-electron chi connectivity index (χ4n) is 1.44. The van der Waals surface area contributed by atoms with Crippen molar-refractivity contribution in [3.63, 3.8) is 0 Å². The maximum atomic E-state index is 11.6. The first kappa shape index (κ1) is 16.0. The van der Waals surface area contributed by atoms with E-state index in [9.17, 15) is 4.79 Å². The predicted molar refractivity (Wildman–Crippen MR) is 80.9 cm³/mol. The van der Waals surface area contributed by atoms with E-state index in [1.54, 1.807) is 24.5 Å². The van der Waals surface area contributed by atoms with E-state index in [0.717, 1.165) is 11.5 Å². The number of pyridine rings is 1. The largest absolute Gasteiger partial charge is 0.492 e. The van der Waals surface area contributed by atoms with Gasteiger partial charge in [-0.05, 0) is 30.1 Å². The van der Waals surface area contributed by atoms with Gasteiger partial charge < -0.3 is 9.47 Å². The summed E-state index contributed by atoms with van der Waals surface area (Å²) in [5.41, 5.74) is 0. The average molecular weight is 347 g/mol. The molecular weight excluding hydrogens is 335 g/mol. The van der Waals surface area contributed by atoms with Crippen LogP contribution in [0.5, 0.6) is 5.75 Å². The van der Waals surface area contributed by atoms with Crippen molar-refractivity contribution in [2.45, 2.75) is 19.4 Å². The Kier molecular flexibility index (Phi) is 6.22. The standard InChI is InChI=1S/C13H12Cl2N2O3S/c14-12-10(21-17-13(12)15)8-20-11(18)4-2-6-19-9-3-1-5-16-7-9/h1,3,5,7H,2,4,6,8H2. The molecule has 2 aromatic heterocycles. The van der Waals surface area contributed by atoms with E-state index >= 15 is 0 Å². The number of rotatable bonds is 7. The topological polar surface area (TPSA) is 61.3 Å². The second-order valence-electron chi connectivity index (χ2n) is 4.01. The molecule has 8 heteroatoms. The number of halogens is 2. The van der Waals surface area contributed by atoms with Gasteiger partial charge in [0.1, 0.15) is 12.4 Å². The Morgan fingerprint density at radius 2 is 2.24 bits per heavy atom. The van der Waals surface area contributed by atoms with Crippen LogP contribution in [0.25, 0.3) is 0 Å². The summed E-state index contributed by atoms with van der Waals surface area (Å²) in [5.74, 6) is 0.363. The maximum Gasteiger partial charge on any atom is 0.306 e. The lowest BCUT2D eigenvalue weighted by atomic mass is 10.3. The third-order valence-electron chi connectivity index (χ3n) is 2.45. The van der Waals surface area contributed by atoms with Crippen molar-refractivity contribution in [3.8, 4) is 5.75 Å². The Morgan fingerprint density at radius 3 is 2.90 bits per heavy atom. The highest BCUT2D eigenvalue weighted by Gasteiger charge is 2.12. The number of esters is 1. The minimum absolute atomic E-state index is 0.0888. The number of hydrogen-bond acceptors (Lipinski definition) is 6. The molecule has 0 atom stereocenters. The zero-order valence-corrected chi connectivity index (χ0v) is 13.2. The Morgan fingerprint density at radius 1 is 1.38 bits per heavy atom. The number of carbonyl (C=O) groups is 1. The first-order chi connectivity index (χ1) is 10.2. The van der Waals surface area contributed by atoms with Gasteiger partial charge in [0.15, 0.2) is 5.15 Å². The molecule has 5 nitrogen and oxygen atoms in total. The molecule has 0 aromatic carbocycles. The van der Waals surface area contributed by atoms with Crippen LogP contribution in [0, 0.1) is 0 Å². The van der Waals surface area contributed by atoms with Gasteiger partial charge in [0.05, 0.1) is 22.7 Å². The first-order valence-corrected chi connectivity index (χ1v) is 7.67. The molecular formula is C13H12Cl2N2O3S. The summed E-state index contributed by atoms with van der Waals surface area (Å²) in [5, 5.41) is 0.576. The Hall–Kier alpha value is -1.37. The van der Waals surface area contributed by atoms with Crippen molar-refractivity contribution < 1.29 is 14.3 Å². The predicted octanol–water partition coefficient (Wildman–Crippen LogP) is 3.75. The fraction of sp³-hybridized carbons (Fsp3) is 0.308. The molecule has 0 aliphatic rings. The van der Waals surface area contributed by atoms with Gasteiger partial charge in [0.25, 0.3) is 0 Å². The molecule has 2 aromatic rings. The number of ether oxygens (including phenoxy) is 2. The molecule has 0 bridgehead atoms. The summed E-state index contributed by atoms with van der Waals surface area (Å²) in [4.78, 5) is 16.1. The molecule has 0 saturated carbocycles. The summed E-state index contributed by atoms with van der Waals surface area (Å²) >= 11 is 12.7. The number of hydrogen-bond donors (Lipinski definition) is 0. The van der Waals surface area contributed by atoms with Crippen LogP contribution >= 0.6 is 34.7 Å². The zero-order valence-electron chi connectivity index (χ0n) is 10.9. The van der Waals surface area contributed by atoms with Gasteiger partial charge >= 0.3 is 5.97 Å². The lowest BCUT2D eigenvalue weighted by Crippen LogP contribution is -2.07. The molecule has 0 amide bonds. The highest BCUT2D eigenvalue weighted by molar-refractivity contribution is 7.06. The first-order valence-electron chi connectivity index (χ1n) is 6.15. The van der Waals surface area contributed by atoms with E-state index in [1.807, 2.05) is 0 Å². The fourth-order valence-corrected chi connectivity index (χ4v) is 2.53. The van der Waals surface area contributed by atoms with Gasteiger partial charge in [-0.25, -0.2) is 0 Å². The molecule has 2 rings (SSSR count). The monoisotopic (exact) mass is 346 g/mol. The molecule has 0 N–H and O–H groups in total. The highest BCUT2D eigenvalue weighted by atomic mass is 35.5. The minimum Gasteiger partial charge on any atom is -0.492 e. The van der Waals surface area contributed by atoms with Crippen LogP contribution < -0.4 is 4.74 Å². The summed E-state index contributed by atoms with van der Waals surface area (Å²) < 4.78 is 14.4. The number of aromatic nitrogens is 2. The second kappa shape index (κ2) is 8.17. The van der Waals surface area contributed by atoms with Crippen molar-refractivity contribution in [2.75, 3.05) is 6.61 Å². The van der Waals surface area contributed by atoms with Crippen molar-refractivity contribution in [1.82, 2.24) is 9.36 Å². The van der Waals surface area contributed by atoms with Crippen molar-refractivity contribution in [1.29, 1.82) is 0 Å². The molecule has 0 spiro atoms. The van der Waals surface area contributed by atoms with Gasteiger partial charge in [-0.3, -0.25) is 9.78 Å².